The summed E-state index contributed by atoms with van der Waals surface area (Å²) in [5.41, 5.74) is 1.89. The number of piperidine rings is 1. The van der Waals surface area contributed by atoms with Crippen molar-refractivity contribution in [1.29, 1.82) is 0 Å². The minimum atomic E-state index is -3.62. The van der Waals surface area contributed by atoms with Crippen LogP contribution in [0.15, 0.2) is 24.4 Å². The fraction of sp³-hybridized carbons (Fsp3) is 0.609. The fourth-order valence-corrected chi connectivity index (χ4v) is 6.72. The Bertz CT molecular complexity index is 1110. The number of hydrogen-bond acceptors (Lipinski definition) is 6. The molecular weight excluding hydrogens is 464 g/mol. The lowest BCUT2D eigenvalue weighted by Crippen LogP contribution is -2.49. The van der Waals surface area contributed by atoms with E-state index in [2.05, 4.69) is 15.3 Å². The van der Waals surface area contributed by atoms with Gasteiger partial charge in [-0.3, -0.25) is 4.90 Å². The number of nitrogens with one attached hydrogen (secondary N) is 1. The Morgan fingerprint density at radius 1 is 1.18 bits per heavy atom. The first-order valence-electron chi connectivity index (χ1n) is 12.0. The van der Waals surface area contributed by atoms with Gasteiger partial charge in [0.1, 0.15) is 17.7 Å². The lowest BCUT2D eigenvalue weighted by Gasteiger charge is -2.40. The third-order valence-corrected chi connectivity index (χ3v) is 8.74. The van der Waals surface area contributed by atoms with Crippen molar-refractivity contribution in [2.45, 2.75) is 63.9 Å². The van der Waals surface area contributed by atoms with E-state index in [0.717, 1.165) is 46.7 Å². The smallest absolute Gasteiger partial charge is 0.322 e. The standard InChI is InChI=1S/C23H31F2N5O3S/c1-2-26-21-11-18(15-33-23(21)19-10-17(24)6-7-20(19)25)28-12-16-13-30(27-22(16)14-28)34(31,32)29-8-4-3-5-9-29/h6-7,10,13,18,21,23,26H,2-5,8-9,11-12,14-15H2,1H3/t18-,21+,23-/m1/s1. The van der Waals surface area contributed by atoms with Crippen molar-refractivity contribution in [2.24, 2.45) is 0 Å². The first-order valence-corrected chi connectivity index (χ1v) is 13.4. The molecule has 2 aromatic rings. The minimum absolute atomic E-state index is 0.0540. The van der Waals surface area contributed by atoms with Crippen LogP contribution in [0.25, 0.3) is 0 Å². The molecule has 0 bridgehead atoms. The Balaban J connectivity index is 1.27. The van der Waals surface area contributed by atoms with E-state index in [0.29, 0.717) is 45.8 Å². The van der Waals surface area contributed by atoms with Crippen LogP contribution in [0.4, 0.5) is 8.78 Å². The van der Waals surface area contributed by atoms with Gasteiger partial charge in [-0.05, 0) is 44.0 Å². The highest BCUT2D eigenvalue weighted by Crippen LogP contribution is 2.35. The molecule has 4 heterocycles. The van der Waals surface area contributed by atoms with Crippen molar-refractivity contribution < 1.29 is 21.9 Å². The molecule has 2 saturated heterocycles. The van der Waals surface area contributed by atoms with Crippen LogP contribution in [0.1, 0.15) is 55.5 Å². The maximum atomic E-state index is 14.4. The predicted molar refractivity (Wildman–Crippen MR) is 122 cm³/mol. The molecule has 0 amide bonds. The van der Waals surface area contributed by atoms with Crippen LogP contribution in [-0.4, -0.2) is 65.1 Å². The number of hydrogen-bond donors (Lipinski definition) is 1. The van der Waals surface area contributed by atoms with E-state index < -0.39 is 27.9 Å². The molecule has 0 saturated carbocycles. The van der Waals surface area contributed by atoms with Crippen molar-refractivity contribution in [3.05, 3.63) is 52.9 Å². The molecule has 5 rings (SSSR count). The van der Waals surface area contributed by atoms with Crippen LogP contribution >= 0.6 is 0 Å². The minimum Gasteiger partial charge on any atom is -0.370 e. The van der Waals surface area contributed by atoms with Crippen molar-refractivity contribution in [1.82, 2.24) is 23.7 Å². The van der Waals surface area contributed by atoms with Crippen LogP contribution in [0, 0.1) is 11.6 Å². The van der Waals surface area contributed by atoms with Crippen molar-refractivity contribution in [2.75, 3.05) is 26.2 Å². The van der Waals surface area contributed by atoms with Gasteiger partial charge in [0.2, 0.25) is 0 Å². The van der Waals surface area contributed by atoms with E-state index in [4.69, 9.17) is 4.74 Å². The van der Waals surface area contributed by atoms with E-state index in [1.807, 2.05) is 6.92 Å². The molecule has 1 N–H and O–H groups in total. The first-order chi connectivity index (χ1) is 16.4. The number of halogens is 2. The molecule has 34 heavy (non-hydrogen) atoms. The normalized spacial score (nSPS) is 26.6. The number of rotatable bonds is 6. The van der Waals surface area contributed by atoms with E-state index >= 15 is 0 Å². The Morgan fingerprint density at radius 3 is 2.71 bits per heavy atom. The second-order valence-electron chi connectivity index (χ2n) is 9.32. The summed E-state index contributed by atoms with van der Waals surface area (Å²) in [7, 11) is -3.62. The lowest BCUT2D eigenvalue weighted by atomic mass is 9.92. The molecule has 3 atom stereocenters. The molecule has 0 spiro atoms. The van der Waals surface area contributed by atoms with Crippen molar-refractivity contribution >= 4 is 10.2 Å². The Morgan fingerprint density at radius 2 is 1.97 bits per heavy atom. The molecule has 0 aliphatic carbocycles. The summed E-state index contributed by atoms with van der Waals surface area (Å²) in [6, 6.07) is 3.34. The van der Waals surface area contributed by atoms with Gasteiger partial charge >= 0.3 is 10.2 Å². The van der Waals surface area contributed by atoms with Gasteiger partial charge in [0.15, 0.2) is 0 Å². The largest absolute Gasteiger partial charge is 0.370 e. The van der Waals surface area contributed by atoms with Gasteiger partial charge in [0.25, 0.3) is 0 Å². The summed E-state index contributed by atoms with van der Waals surface area (Å²) in [5, 5.41) is 7.79. The molecule has 0 unspecified atom stereocenters. The Hall–Kier alpha value is -1.92. The van der Waals surface area contributed by atoms with Gasteiger partial charge in [0.05, 0.1) is 12.3 Å². The average molecular weight is 496 g/mol. The topological polar surface area (TPSA) is 79.7 Å². The zero-order chi connectivity index (χ0) is 23.9. The van der Waals surface area contributed by atoms with Gasteiger partial charge in [0, 0.05) is 55.6 Å². The van der Waals surface area contributed by atoms with E-state index in [1.54, 1.807) is 6.20 Å². The number of nitrogens with zero attached hydrogens (tertiary/aromatic N) is 4. The number of aromatic nitrogens is 2. The summed E-state index contributed by atoms with van der Waals surface area (Å²) >= 11 is 0. The molecule has 8 nitrogen and oxygen atoms in total. The van der Waals surface area contributed by atoms with Crippen molar-refractivity contribution in [3.8, 4) is 0 Å². The molecular formula is C23H31F2N5O3S. The van der Waals surface area contributed by atoms with E-state index in [1.165, 1.54) is 10.4 Å². The Kier molecular flexibility index (Phi) is 6.73. The summed E-state index contributed by atoms with van der Waals surface area (Å²) in [5.74, 6) is -0.961. The van der Waals surface area contributed by atoms with Gasteiger partial charge in [-0.1, -0.05) is 13.3 Å². The molecule has 3 aliphatic heterocycles. The number of benzene rings is 1. The van der Waals surface area contributed by atoms with E-state index in [-0.39, 0.29) is 17.6 Å². The molecule has 186 valence electrons. The van der Waals surface area contributed by atoms with Crippen LogP contribution in [0.3, 0.4) is 0 Å². The van der Waals surface area contributed by atoms with E-state index in [9.17, 15) is 17.2 Å². The van der Waals surface area contributed by atoms with Gasteiger partial charge < -0.3 is 10.1 Å². The van der Waals surface area contributed by atoms with Gasteiger partial charge in [-0.25, -0.2) is 8.78 Å². The molecule has 3 aliphatic rings. The summed E-state index contributed by atoms with van der Waals surface area (Å²) in [6.45, 7) is 5.21. The number of fused-ring (bicyclic) bond motifs is 1. The predicted octanol–water partition coefficient (Wildman–Crippen LogP) is 2.56. The third-order valence-electron chi connectivity index (χ3n) is 7.07. The highest BCUT2D eigenvalue weighted by atomic mass is 32.2. The zero-order valence-electron chi connectivity index (χ0n) is 19.3. The highest BCUT2D eigenvalue weighted by molar-refractivity contribution is 7.87. The molecule has 0 radical (unpaired) electrons. The van der Waals surface area contributed by atoms with Gasteiger partial charge in [-0.15, -0.1) is 0 Å². The zero-order valence-corrected chi connectivity index (χ0v) is 20.1. The number of likely N-dealkylation sites (N-methyl/N-ethyl adjacent to an activating group) is 1. The number of ether oxygens (including phenoxy) is 1. The Labute approximate surface area is 199 Å². The van der Waals surface area contributed by atoms with Crippen LogP contribution in [-0.2, 0) is 28.0 Å². The molecule has 11 heteroatoms. The van der Waals surface area contributed by atoms with Crippen LogP contribution in [0.2, 0.25) is 0 Å². The maximum absolute atomic E-state index is 14.4. The molecule has 1 aromatic carbocycles. The second-order valence-corrected chi connectivity index (χ2v) is 11.1. The van der Waals surface area contributed by atoms with Crippen molar-refractivity contribution in [3.63, 3.8) is 0 Å². The molecule has 2 fully saturated rings. The monoisotopic (exact) mass is 495 g/mol. The summed E-state index contributed by atoms with van der Waals surface area (Å²) in [4.78, 5) is 2.22. The first kappa shape index (κ1) is 23.8. The molecule has 1 aromatic heterocycles. The maximum Gasteiger partial charge on any atom is 0.322 e. The summed E-state index contributed by atoms with van der Waals surface area (Å²) < 4.78 is 62.8. The third kappa shape index (κ3) is 4.51. The SMILES string of the molecule is CCN[C@H]1C[C@@H](N2Cc3cn(S(=O)(=O)N4CCCCC4)nc3C2)CO[C@@H]1c1cc(F)ccc1F. The quantitative estimate of drug-likeness (QED) is 0.664. The average Bonchev–Trinajstić information content (AvgIpc) is 3.42. The fourth-order valence-electron chi connectivity index (χ4n) is 5.30. The van der Waals surface area contributed by atoms with Crippen LogP contribution in [0.5, 0.6) is 0 Å². The van der Waals surface area contributed by atoms with Crippen LogP contribution < -0.4 is 5.32 Å². The summed E-state index contributed by atoms with van der Waals surface area (Å²) in [6.07, 6.45) is 4.57. The lowest BCUT2D eigenvalue weighted by molar-refractivity contribution is -0.0614. The van der Waals surface area contributed by atoms with Gasteiger partial charge in [-0.2, -0.15) is 21.9 Å². The highest BCUT2D eigenvalue weighted by Gasteiger charge is 2.39. The second kappa shape index (κ2) is 9.62.